The van der Waals surface area contributed by atoms with Crippen LogP contribution in [-0.4, -0.2) is 0 Å². The number of aryl methyl sites for hydroxylation is 1. The Bertz CT molecular complexity index is 479. The summed E-state index contributed by atoms with van der Waals surface area (Å²) in [7, 11) is 0. The highest BCUT2D eigenvalue weighted by Gasteiger charge is 2.00. The molecule has 0 aliphatic rings. The maximum atomic E-state index is 5.92. The fourth-order valence-electron chi connectivity index (χ4n) is 1.68. The first-order valence-corrected chi connectivity index (χ1v) is 6.18. The van der Waals surface area contributed by atoms with Gasteiger partial charge < -0.3 is 9.73 Å². The lowest BCUT2D eigenvalue weighted by molar-refractivity contribution is 0.450. The topological polar surface area (TPSA) is 25.2 Å². The Balaban J connectivity index is 1.83. The van der Waals surface area contributed by atoms with E-state index < -0.39 is 0 Å². The lowest BCUT2D eigenvalue weighted by atomic mass is 10.2. The highest BCUT2D eigenvalue weighted by molar-refractivity contribution is 6.30. The van der Waals surface area contributed by atoms with E-state index in [1.165, 1.54) is 5.56 Å². The molecule has 0 spiro atoms. The molecule has 2 rings (SSSR count). The summed E-state index contributed by atoms with van der Waals surface area (Å²) in [4.78, 5) is 0. The van der Waals surface area contributed by atoms with Gasteiger partial charge in [0.1, 0.15) is 11.5 Å². The van der Waals surface area contributed by atoms with Crippen LogP contribution in [0.1, 0.15) is 24.0 Å². The van der Waals surface area contributed by atoms with E-state index in [9.17, 15) is 0 Å². The van der Waals surface area contributed by atoms with Crippen molar-refractivity contribution in [1.82, 2.24) is 5.32 Å². The largest absolute Gasteiger partial charge is 0.465 e. The SMILES string of the molecule is CCc1ccc(CNCc2cccc(Cl)c2)o1. The Morgan fingerprint density at radius 3 is 2.65 bits per heavy atom. The first kappa shape index (κ1) is 12.2. The molecular formula is C14H16ClNO. The van der Waals surface area contributed by atoms with Crippen molar-refractivity contribution in [3.05, 3.63) is 58.5 Å². The van der Waals surface area contributed by atoms with Crippen LogP contribution in [-0.2, 0) is 19.5 Å². The molecule has 0 saturated carbocycles. The standard InChI is InChI=1S/C14H16ClNO/c1-2-13-6-7-14(17-13)10-16-9-11-4-3-5-12(15)8-11/h3-8,16H,2,9-10H2,1H3. The summed E-state index contributed by atoms with van der Waals surface area (Å²) in [5, 5.41) is 4.10. The summed E-state index contributed by atoms with van der Waals surface area (Å²) in [5.74, 6) is 2.01. The predicted octanol–water partition coefficient (Wildman–Crippen LogP) is 3.79. The number of nitrogens with one attached hydrogen (secondary N) is 1. The Hall–Kier alpha value is -1.25. The minimum atomic E-state index is 0.743. The number of hydrogen-bond acceptors (Lipinski definition) is 2. The van der Waals surface area contributed by atoms with Gasteiger partial charge >= 0.3 is 0 Å². The van der Waals surface area contributed by atoms with Crippen molar-refractivity contribution in [3.63, 3.8) is 0 Å². The highest BCUT2D eigenvalue weighted by atomic mass is 35.5. The van der Waals surface area contributed by atoms with Crippen LogP contribution in [0, 0.1) is 0 Å². The van der Waals surface area contributed by atoms with Crippen LogP contribution in [0.25, 0.3) is 0 Å². The molecule has 1 N–H and O–H groups in total. The summed E-state index contributed by atoms with van der Waals surface area (Å²) in [6.07, 6.45) is 0.939. The second-order valence-electron chi connectivity index (χ2n) is 3.96. The van der Waals surface area contributed by atoms with Crippen LogP contribution in [0.4, 0.5) is 0 Å². The lowest BCUT2D eigenvalue weighted by Crippen LogP contribution is -2.11. The van der Waals surface area contributed by atoms with Gasteiger partial charge in [-0.3, -0.25) is 0 Å². The zero-order chi connectivity index (χ0) is 12.1. The molecule has 0 unspecified atom stereocenters. The quantitative estimate of drug-likeness (QED) is 0.872. The maximum absolute atomic E-state index is 5.92. The van der Waals surface area contributed by atoms with E-state index in [4.69, 9.17) is 16.0 Å². The minimum Gasteiger partial charge on any atom is -0.465 e. The van der Waals surface area contributed by atoms with E-state index in [1.807, 2.05) is 30.3 Å². The van der Waals surface area contributed by atoms with Gasteiger partial charge in [-0.1, -0.05) is 30.7 Å². The van der Waals surface area contributed by atoms with E-state index in [-0.39, 0.29) is 0 Å². The second-order valence-corrected chi connectivity index (χ2v) is 4.39. The molecule has 0 atom stereocenters. The van der Waals surface area contributed by atoms with Crippen molar-refractivity contribution < 1.29 is 4.42 Å². The molecule has 2 aromatic rings. The molecular weight excluding hydrogens is 234 g/mol. The maximum Gasteiger partial charge on any atom is 0.117 e. The zero-order valence-electron chi connectivity index (χ0n) is 9.87. The molecule has 0 aliphatic carbocycles. The van der Waals surface area contributed by atoms with Crippen molar-refractivity contribution >= 4 is 11.6 Å². The summed E-state index contributed by atoms with van der Waals surface area (Å²) in [6, 6.07) is 11.9. The third-order valence-corrected chi connectivity index (χ3v) is 2.82. The van der Waals surface area contributed by atoms with Crippen molar-refractivity contribution in [2.75, 3.05) is 0 Å². The zero-order valence-corrected chi connectivity index (χ0v) is 10.6. The van der Waals surface area contributed by atoms with Crippen LogP contribution in [0.15, 0.2) is 40.8 Å². The molecule has 90 valence electrons. The van der Waals surface area contributed by atoms with Gasteiger partial charge in [-0.25, -0.2) is 0 Å². The third-order valence-electron chi connectivity index (χ3n) is 2.58. The lowest BCUT2D eigenvalue weighted by Gasteiger charge is -2.03. The molecule has 0 fully saturated rings. The third kappa shape index (κ3) is 3.62. The number of hydrogen-bond donors (Lipinski definition) is 1. The van der Waals surface area contributed by atoms with E-state index >= 15 is 0 Å². The monoisotopic (exact) mass is 249 g/mol. The van der Waals surface area contributed by atoms with Gasteiger partial charge in [0, 0.05) is 18.0 Å². The molecule has 0 aliphatic heterocycles. The Kier molecular flexibility index (Phi) is 4.24. The number of benzene rings is 1. The highest BCUT2D eigenvalue weighted by Crippen LogP contribution is 2.11. The molecule has 2 nitrogen and oxygen atoms in total. The van der Waals surface area contributed by atoms with Gasteiger partial charge in [-0.15, -0.1) is 0 Å². The van der Waals surface area contributed by atoms with Crippen molar-refractivity contribution in [2.45, 2.75) is 26.4 Å². The van der Waals surface area contributed by atoms with Gasteiger partial charge in [0.15, 0.2) is 0 Å². The van der Waals surface area contributed by atoms with E-state index in [2.05, 4.69) is 18.3 Å². The minimum absolute atomic E-state index is 0.743. The first-order valence-electron chi connectivity index (χ1n) is 5.80. The average molecular weight is 250 g/mol. The average Bonchev–Trinajstić information content (AvgIpc) is 2.77. The second kappa shape index (κ2) is 5.89. The van der Waals surface area contributed by atoms with E-state index in [1.54, 1.807) is 0 Å². The van der Waals surface area contributed by atoms with E-state index in [0.29, 0.717) is 0 Å². The molecule has 0 amide bonds. The Morgan fingerprint density at radius 1 is 1.12 bits per heavy atom. The van der Waals surface area contributed by atoms with Gasteiger partial charge in [-0.05, 0) is 29.8 Å². The van der Waals surface area contributed by atoms with E-state index in [0.717, 1.165) is 36.1 Å². The Labute approximate surface area is 107 Å². The van der Waals surface area contributed by atoms with Gasteiger partial charge in [-0.2, -0.15) is 0 Å². The van der Waals surface area contributed by atoms with Crippen LogP contribution in [0.2, 0.25) is 5.02 Å². The predicted molar refractivity (Wildman–Crippen MR) is 70.1 cm³/mol. The smallest absolute Gasteiger partial charge is 0.117 e. The molecule has 1 heterocycles. The molecule has 1 aromatic heterocycles. The summed E-state index contributed by atoms with van der Waals surface area (Å²) in [5.41, 5.74) is 1.18. The van der Waals surface area contributed by atoms with Gasteiger partial charge in [0.2, 0.25) is 0 Å². The first-order chi connectivity index (χ1) is 8.28. The molecule has 0 saturated heterocycles. The van der Waals surface area contributed by atoms with Gasteiger partial charge in [0.25, 0.3) is 0 Å². The molecule has 1 aromatic carbocycles. The van der Waals surface area contributed by atoms with Crippen molar-refractivity contribution in [1.29, 1.82) is 0 Å². The number of halogens is 1. The van der Waals surface area contributed by atoms with Crippen LogP contribution < -0.4 is 5.32 Å². The Morgan fingerprint density at radius 2 is 1.94 bits per heavy atom. The number of furan rings is 1. The number of rotatable bonds is 5. The summed E-state index contributed by atoms with van der Waals surface area (Å²) in [6.45, 7) is 3.62. The molecule has 0 radical (unpaired) electrons. The van der Waals surface area contributed by atoms with Crippen LogP contribution in [0.5, 0.6) is 0 Å². The normalized spacial score (nSPS) is 10.7. The molecule has 0 bridgehead atoms. The summed E-state index contributed by atoms with van der Waals surface area (Å²) >= 11 is 5.92. The van der Waals surface area contributed by atoms with Crippen LogP contribution >= 0.6 is 11.6 Å². The van der Waals surface area contributed by atoms with Crippen molar-refractivity contribution in [2.24, 2.45) is 0 Å². The van der Waals surface area contributed by atoms with Gasteiger partial charge in [0.05, 0.1) is 6.54 Å². The fourth-order valence-corrected chi connectivity index (χ4v) is 1.90. The molecule has 3 heteroatoms. The molecule has 17 heavy (non-hydrogen) atoms. The summed E-state index contributed by atoms with van der Waals surface area (Å²) < 4.78 is 5.61. The fraction of sp³-hybridized carbons (Fsp3) is 0.286. The van der Waals surface area contributed by atoms with Crippen LogP contribution in [0.3, 0.4) is 0 Å². The van der Waals surface area contributed by atoms with Crippen molar-refractivity contribution in [3.8, 4) is 0 Å².